The molecule has 22 heavy (non-hydrogen) atoms. The van der Waals surface area contributed by atoms with Crippen LogP contribution in [0.3, 0.4) is 0 Å². The molecule has 1 aliphatic heterocycles. The van der Waals surface area contributed by atoms with Crippen molar-refractivity contribution in [1.82, 2.24) is 9.21 Å². The summed E-state index contributed by atoms with van der Waals surface area (Å²) in [7, 11) is -3.45. The van der Waals surface area contributed by atoms with Crippen molar-refractivity contribution < 1.29 is 8.42 Å². The summed E-state index contributed by atoms with van der Waals surface area (Å²) < 4.78 is 26.8. The van der Waals surface area contributed by atoms with Gasteiger partial charge in [-0.25, -0.2) is 8.42 Å². The highest BCUT2D eigenvalue weighted by Gasteiger charge is 2.28. The fourth-order valence-electron chi connectivity index (χ4n) is 2.55. The van der Waals surface area contributed by atoms with Crippen LogP contribution in [0.2, 0.25) is 5.02 Å². The molecule has 0 radical (unpaired) electrons. The molecule has 118 valence electrons. The SMILES string of the molecule is O=S(=O)(c1cccc(Cl)c1)N1CCN(Cc2ccsc2)CC1. The number of halogens is 1. The maximum Gasteiger partial charge on any atom is 0.243 e. The number of hydrogen-bond acceptors (Lipinski definition) is 4. The molecule has 1 aromatic heterocycles. The molecule has 0 bridgehead atoms. The quantitative estimate of drug-likeness (QED) is 0.845. The van der Waals surface area contributed by atoms with E-state index in [-0.39, 0.29) is 4.90 Å². The first-order chi connectivity index (χ1) is 10.6. The summed E-state index contributed by atoms with van der Waals surface area (Å²) in [6, 6.07) is 8.56. The zero-order valence-corrected chi connectivity index (χ0v) is 14.4. The van der Waals surface area contributed by atoms with Crippen LogP contribution in [-0.4, -0.2) is 43.8 Å². The van der Waals surface area contributed by atoms with E-state index in [0.29, 0.717) is 18.1 Å². The molecule has 2 aromatic rings. The minimum atomic E-state index is -3.45. The molecule has 4 nitrogen and oxygen atoms in total. The van der Waals surface area contributed by atoms with Crippen molar-refractivity contribution in [3.05, 3.63) is 51.7 Å². The number of sulfonamides is 1. The van der Waals surface area contributed by atoms with Crippen LogP contribution < -0.4 is 0 Å². The Morgan fingerprint density at radius 3 is 2.55 bits per heavy atom. The van der Waals surface area contributed by atoms with Gasteiger partial charge in [-0.2, -0.15) is 15.6 Å². The first kappa shape index (κ1) is 16.0. The van der Waals surface area contributed by atoms with E-state index in [2.05, 4.69) is 21.7 Å². The lowest BCUT2D eigenvalue weighted by Crippen LogP contribution is -2.48. The Labute approximate surface area is 140 Å². The van der Waals surface area contributed by atoms with Crippen LogP contribution >= 0.6 is 22.9 Å². The third-order valence-corrected chi connectivity index (χ3v) is 6.61. The van der Waals surface area contributed by atoms with Crippen LogP contribution in [0.25, 0.3) is 0 Å². The molecule has 0 spiro atoms. The second-order valence-electron chi connectivity index (χ2n) is 5.27. The molecule has 0 atom stereocenters. The fraction of sp³-hybridized carbons (Fsp3) is 0.333. The Hall–Kier alpha value is -0.920. The largest absolute Gasteiger partial charge is 0.296 e. The topological polar surface area (TPSA) is 40.6 Å². The van der Waals surface area contributed by atoms with Crippen LogP contribution in [0.15, 0.2) is 46.0 Å². The van der Waals surface area contributed by atoms with Gasteiger partial charge in [-0.05, 0) is 40.6 Å². The maximum atomic E-state index is 12.6. The number of piperazine rings is 1. The Balaban J connectivity index is 1.65. The molecule has 3 rings (SSSR count). The van der Waals surface area contributed by atoms with Crippen molar-refractivity contribution in [2.24, 2.45) is 0 Å². The van der Waals surface area contributed by atoms with E-state index in [9.17, 15) is 8.42 Å². The zero-order chi connectivity index (χ0) is 15.6. The predicted molar refractivity (Wildman–Crippen MR) is 89.8 cm³/mol. The third kappa shape index (κ3) is 3.52. The highest BCUT2D eigenvalue weighted by atomic mass is 35.5. The van der Waals surface area contributed by atoms with E-state index in [1.54, 1.807) is 33.8 Å². The van der Waals surface area contributed by atoms with Crippen LogP contribution in [0.5, 0.6) is 0 Å². The number of rotatable bonds is 4. The standard InChI is InChI=1S/C15H17ClN2O2S2/c16-14-2-1-3-15(10-14)22(19,20)18-7-5-17(6-8-18)11-13-4-9-21-12-13/h1-4,9-10,12H,5-8,11H2. The van der Waals surface area contributed by atoms with E-state index < -0.39 is 10.0 Å². The van der Waals surface area contributed by atoms with Crippen molar-refractivity contribution in [3.8, 4) is 0 Å². The van der Waals surface area contributed by atoms with Gasteiger partial charge in [0.1, 0.15) is 0 Å². The highest BCUT2D eigenvalue weighted by Crippen LogP contribution is 2.21. The van der Waals surface area contributed by atoms with Gasteiger partial charge in [-0.15, -0.1) is 0 Å². The van der Waals surface area contributed by atoms with E-state index >= 15 is 0 Å². The van der Waals surface area contributed by atoms with Gasteiger partial charge in [-0.3, -0.25) is 4.90 Å². The summed E-state index contributed by atoms with van der Waals surface area (Å²) in [5.74, 6) is 0. The van der Waals surface area contributed by atoms with Gasteiger partial charge < -0.3 is 0 Å². The first-order valence-electron chi connectivity index (χ1n) is 7.05. The second kappa shape index (κ2) is 6.68. The Kier molecular flexibility index (Phi) is 4.84. The summed E-state index contributed by atoms with van der Waals surface area (Å²) in [6.45, 7) is 3.40. The zero-order valence-electron chi connectivity index (χ0n) is 12.0. The normalized spacial score (nSPS) is 17.7. The summed E-state index contributed by atoms with van der Waals surface area (Å²) in [5.41, 5.74) is 1.29. The Morgan fingerprint density at radius 1 is 1.14 bits per heavy atom. The summed E-state index contributed by atoms with van der Waals surface area (Å²) in [5, 5.41) is 4.64. The monoisotopic (exact) mass is 356 g/mol. The summed E-state index contributed by atoms with van der Waals surface area (Å²) in [6.07, 6.45) is 0. The third-order valence-electron chi connectivity index (χ3n) is 3.75. The molecule has 1 aliphatic rings. The molecule has 0 unspecified atom stereocenters. The average molecular weight is 357 g/mol. The van der Waals surface area contributed by atoms with Gasteiger partial charge in [0.05, 0.1) is 4.90 Å². The minimum Gasteiger partial charge on any atom is -0.296 e. The van der Waals surface area contributed by atoms with Gasteiger partial charge in [0.15, 0.2) is 0 Å². The van der Waals surface area contributed by atoms with Gasteiger partial charge in [0.25, 0.3) is 0 Å². The molecule has 1 fully saturated rings. The Bertz CT molecular complexity index is 724. The molecule has 0 aliphatic carbocycles. The van der Waals surface area contributed by atoms with E-state index in [1.165, 1.54) is 11.6 Å². The molecular formula is C15H17ClN2O2S2. The molecule has 0 saturated carbocycles. The lowest BCUT2D eigenvalue weighted by molar-refractivity contribution is 0.182. The number of hydrogen-bond donors (Lipinski definition) is 0. The van der Waals surface area contributed by atoms with Crippen molar-refractivity contribution in [1.29, 1.82) is 0 Å². The first-order valence-corrected chi connectivity index (χ1v) is 9.81. The highest BCUT2D eigenvalue weighted by molar-refractivity contribution is 7.89. The van der Waals surface area contributed by atoms with Crippen molar-refractivity contribution in [2.45, 2.75) is 11.4 Å². The summed E-state index contributed by atoms with van der Waals surface area (Å²) >= 11 is 7.59. The fourth-order valence-corrected chi connectivity index (χ4v) is 4.93. The second-order valence-corrected chi connectivity index (χ2v) is 8.42. The van der Waals surface area contributed by atoms with Crippen LogP contribution in [0.4, 0.5) is 0 Å². The number of benzene rings is 1. The molecule has 7 heteroatoms. The van der Waals surface area contributed by atoms with Crippen LogP contribution in [0, 0.1) is 0 Å². The number of nitrogens with zero attached hydrogens (tertiary/aromatic N) is 2. The van der Waals surface area contributed by atoms with Crippen molar-refractivity contribution in [3.63, 3.8) is 0 Å². The smallest absolute Gasteiger partial charge is 0.243 e. The molecule has 1 aromatic carbocycles. The van der Waals surface area contributed by atoms with E-state index in [0.717, 1.165) is 19.6 Å². The van der Waals surface area contributed by atoms with E-state index in [4.69, 9.17) is 11.6 Å². The van der Waals surface area contributed by atoms with Crippen molar-refractivity contribution in [2.75, 3.05) is 26.2 Å². The van der Waals surface area contributed by atoms with Crippen molar-refractivity contribution >= 4 is 33.0 Å². The maximum absolute atomic E-state index is 12.6. The average Bonchev–Trinajstić information content (AvgIpc) is 3.01. The molecule has 0 amide bonds. The van der Waals surface area contributed by atoms with E-state index in [1.807, 2.05) is 0 Å². The van der Waals surface area contributed by atoms with Gasteiger partial charge in [-0.1, -0.05) is 17.7 Å². The molecule has 2 heterocycles. The predicted octanol–water partition coefficient (Wildman–Crippen LogP) is 2.91. The minimum absolute atomic E-state index is 0.270. The van der Waals surface area contributed by atoms with Gasteiger partial charge >= 0.3 is 0 Å². The lowest BCUT2D eigenvalue weighted by Gasteiger charge is -2.33. The van der Waals surface area contributed by atoms with Crippen LogP contribution in [0.1, 0.15) is 5.56 Å². The number of thiophene rings is 1. The van der Waals surface area contributed by atoms with Crippen LogP contribution in [-0.2, 0) is 16.6 Å². The lowest BCUT2D eigenvalue weighted by atomic mass is 10.3. The molecular weight excluding hydrogens is 340 g/mol. The van der Waals surface area contributed by atoms with Gasteiger partial charge in [0, 0.05) is 37.7 Å². The Morgan fingerprint density at radius 2 is 1.91 bits per heavy atom. The van der Waals surface area contributed by atoms with Gasteiger partial charge in [0.2, 0.25) is 10.0 Å². The molecule has 0 N–H and O–H groups in total. The molecule has 1 saturated heterocycles. The summed E-state index contributed by atoms with van der Waals surface area (Å²) in [4.78, 5) is 2.55.